The second kappa shape index (κ2) is 2.83. The Morgan fingerprint density at radius 3 is 3.22 bits per heavy atom. The summed E-state index contributed by atoms with van der Waals surface area (Å²) < 4.78 is 14.8. The standard InChI is InChI=1S/C8H7Br/c1-2-7-4-3-5-8(9)6-7/h2-6H,1H2/i1D2. The van der Waals surface area contributed by atoms with Gasteiger partial charge in [0.2, 0.25) is 0 Å². The highest BCUT2D eigenvalue weighted by Crippen LogP contribution is 2.11. The van der Waals surface area contributed by atoms with Crippen LogP contribution in [-0.2, 0) is 0 Å². The van der Waals surface area contributed by atoms with E-state index >= 15 is 0 Å². The lowest BCUT2D eigenvalue weighted by molar-refractivity contribution is 1.61. The van der Waals surface area contributed by atoms with E-state index in [9.17, 15) is 0 Å². The molecule has 0 saturated heterocycles. The molecule has 0 saturated carbocycles. The summed E-state index contributed by atoms with van der Waals surface area (Å²) in [5, 5.41) is 0. The first kappa shape index (κ1) is 4.29. The predicted octanol–water partition coefficient (Wildman–Crippen LogP) is 3.09. The summed E-state index contributed by atoms with van der Waals surface area (Å²) in [5.41, 5.74) is 0.874. The zero-order chi connectivity index (χ0) is 8.27. The van der Waals surface area contributed by atoms with Gasteiger partial charge in [-0.3, -0.25) is 0 Å². The molecule has 0 radical (unpaired) electrons. The molecule has 0 aliphatic heterocycles. The molecule has 0 atom stereocenters. The average Bonchev–Trinajstić information content (AvgIpc) is 1.85. The van der Waals surface area contributed by atoms with Gasteiger partial charge < -0.3 is 0 Å². The van der Waals surface area contributed by atoms with Crippen LogP contribution in [0.5, 0.6) is 0 Å². The van der Waals surface area contributed by atoms with Gasteiger partial charge in [0.05, 0.1) is 2.74 Å². The lowest BCUT2D eigenvalue weighted by Gasteiger charge is -1.90. The van der Waals surface area contributed by atoms with E-state index in [2.05, 4.69) is 15.9 Å². The number of benzene rings is 1. The molecular formula is C8H7Br. The summed E-state index contributed by atoms with van der Waals surface area (Å²) in [7, 11) is 0. The lowest BCUT2D eigenvalue weighted by Crippen LogP contribution is -1.68. The summed E-state index contributed by atoms with van der Waals surface area (Å²) in [4.78, 5) is 0. The highest BCUT2D eigenvalue weighted by atomic mass is 79.9. The largest absolute Gasteiger partial charge is 0.0985 e. The van der Waals surface area contributed by atoms with E-state index in [1.807, 2.05) is 24.3 Å². The zero-order valence-corrected chi connectivity index (χ0v) is 6.35. The lowest BCUT2D eigenvalue weighted by atomic mass is 10.2. The van der Waals surface area contributed by atoms with E-state index < -0.39 is 0 Å². The Morgan fingerprint density at radius 2 is 2.56 bits per heavy atom. The molecule has 0 unspecified atom stereocenters. The van der Waals surface area contributed by atoms with Crippen molar-refractivity contribution in [2.75, 3.05) is 0 Å². The molecule has 0 aliphatic rings. The van der Waals surface area contributed by atoms with Crippen LogP contribution in [0.4, 0.5) is 0 Å². The van der Waals surface area contributed by atoms with Gasteiger partial charge >= 0.3 is 0 Å². The fourth-order valence-corrected chi connectivity index (χ4v) is 1.01. The van der Waals surface area contributed by atoms with Gasteiger partial charge in [-0.1, -0.05) is 40.7 Å². The minimum absolute atomic E-state index is 0.178. The third kappa shape index (κ3) is 1.68. The molecule has 0 nitrogen and oxygen atoms in total. The van der Waals surface area contributed by atoms with E-state index in [1.54, 1.807) is 0 Å². The molecule has 1 aromatic rings. The van der Waals surface area contributed by atoms with E-state index in [-0.39, 0.29) is 6.53 Å². The van der Waals surface area contributed by atoms with Gasteiger partial charge in [-0.2, -0.15) is 0 Å². The Labute approximate surface area is 66.1 Å². The minimum atomic E-state index is -0.178. The molecule has 0 bridgehead atoms. The number of halogens is 1. The molecule has 0 aliphatic carbocycles. The fraction of sp³-hybridized carbons (Fsp3) is 0. The van der Waals surface area contributed by atoms with Crippen LogP contribution in [0, 0.1) is 0 Å². The number of hydrogen-bond acceptors (Lipinski definition) is 0. The fourth-order valence-electron chi connectivity index (χ4n) is 0.596. The first-order valence-corrected chi connectivity index (χ1v) is 3.38. The topological polar surface area (TPSA) is 0 Å². The second-order valence-electron chi connectivity index (χ2n) is 1.70. The Kier molecular flexibility index (Phi) is 1.35. The van der Waals surface area contributed by atoms with Crippen molar-refractivity contribution in [1.82, 2.24) is 0 Å². The van der Waals surface area contributed by atoms with Crippen molar-refractivity contribution in [3.05, 3.63) is 40.8 Å². The monoisotopic (exact) mass is 184 g/mol. The molecule has 0 amide bonds. The summed E-state index contributed by atoms with van der Waals surface area (Å²) in [6.45, 7) is -0.178. The molecule has 1 aromatic carbocycles. The SMILES string of the molecule is [2H]C([2H])=Cc1cccc(Br)c1. The summed E-state index contributed by atoms with van der Waals surface area (Å²) in [6, 6.07) is 7.50. The van der Waals surface area contributed by atoms with Crippen molar-refractivity contribution < 1.29 is 2.74 Å². The molecular weight excluding hydrogens is 176 g/mol. The molecule has 0 N–H and O–H groups in total. The average molecular weight is 185 g/mol. The van der Waals surface area contributed by atoms with Gasteiger partial charge in [0.1, 0.15) is 0 Å². The summed E-state index contributed by atoms with van der Waals surface area (Å²) in [5.74, 6) is 0. The molecule has 0 spiro atoms. The van der Waals surface area contributed by atoms with Crippen LogP contribution >= 0.6 is 15.9 Å². The van der Waals surface area contributed by atoms with Crippen molar-refractivity contribution >= 4 is 22.0 Å². The second-order valence-corrected chi connectivity index (χ2v) is 2.62. The summed E-state index contributed by atoms with van der Waals surface area (Å²) >= 11 is 3.30. The van der Waals surface area contributed by atoms with Crippen LogP contribution in [0.1, 0.15) is 8.30 Å². The first-order valence-electron chi connectivity index (χ1n) is 3.59. The number of rotatable bonds is 1. The first-order chi connectivity index (χ1) is 5.18. The Morgan fingerprint density at radius 1 is 1.67 bits per heavy atom. The zero-order valence-electron chi connectivity index (χ0n) is 6.76. The van der Waals surface area contributed by atoms with Gasteiger partial charge in [-0.05, 0) is 17.7 Å². The number of hydrogen-bond donors (Lipinski definition) is 0. The Balaban J connectivity index is 2.97. The highest BCUT2D eigenvalue weighted by molar-refractivity contribution is 9.10. The van der Waals surface area contributed by atoms with E-state index in [0.717, 1.165) is 10.0 Å². The van der Waals surface area contributed by atoms with Crippen LogP contribution in [0.25, 0.3) is 6.08 Å². The third-order valence-corrected chi connectivity index (χ3v) is 1.51. The molecule has 0 fully saturated rings. The van der Waals surface area contributed by atoms with Crippen molar-refractivity contribution in [2.45, 2.75) is 0 Å². The van der Waals surface area contributed by atoms with E-state index in [4.69, 9.17) is 2.74 Å². The maximum atomic E-state index is 6.90. The van der Waals surface area contributed by atoms with Crippen molar-refractivity contribution in [3.63, 3.8) is 0 Å². The van der Waals surface area contributed by atoms with E-state index in [0.29, 0.717) is 0 Å². The molecule has 1 heteroatoms. The van der Waals surface area contributed by atoms with Gasteiger partial charge in [-0.25, -0.2) is 0 Å². The normalized spacial score (nSPS) is 11.7. The van der Waals surface area contributed by atoms with Gasteiger partial charge in [-0.15, -0.1) is 0 Å². The smallest absolute Gasteiger partial charge is 0.0538 e. The molecule has 46 valence electrons. The van der Waals surface area contributed by atoms with Crippen LogP contribution in [0.3, 0.4) is 0 Å². The van der Waals surface area contributed by atoms with E-state index in [1.165, 1.54) is 6.08 Å². The highest BCUT2D eigenvalue weighted by Gasteiger charge is 1.84. The summed E-state index contributed by atoms with van der Waals surface area (Å²) in [6.07, 6.45) is 1.49. The van der Waals surface area contributed by atoms with Crippen LogP contribution in [-0.4, -0.2) is 0 Å². The molecule has 9 heavy (non-hydrogen) atoms. The van der Waals surface area contributed by atoms with Crippen LogP contribution in [0.2, 0.25) is 0 Å². The molecule has 0 heterocycles. The van der Waals surface area contributed by atoms with Crippen molar-refractivity contribution in [1.29, 1.82) is 0 Å². The minimum Gasteiger partial charge on any atom is -0.0985 e. The van der Waals surface area contributed by atoms with Gasteiger partial charge in [0.25, 0.3) is 0 Å². The van der Waals surface area contributed by atoms with Crippen LogP contribution < -0.4 is 0 Å². The van der Waals surface area contributed by atoms with Gasteiger partial charge in [0, 0.05) is 4.47 Å². The quantitative estimate of drug-likeness (QED) is 0.630. The Hall–Kier alpha value is -0.560. The molecule has 0 aromatic heterocycles. The predicted molar refractivity (Wildman–Crippen MR) is 44.2 cm³/mol. The third-order valence-electron chi connectivity index (χ3n) is 1.02. The van der Waals surface area contributed by atoms with Crippen molar-refractivity contribution in [3.8, 4) is 0 Å². The Bertz CT molecular complexity index is 277. The van der Waals surface area contributed by atoms with Crippen LogP contribution in [0.15, 0.2) is 35.3 Å². The van der Waals surface area contributed by atoms with Gasteiger partial charge in [0.15, 0.2) is 0 Å². The van der Waals surface area contributed by atoms with Crippen molar-refractivity contribution in [2.24, 2.45) is 0 Å². The molecule has 1 rings (SSSR count). The maximum absolute atomic E-state index is 6.90. The maximum Gasteiger partial charge on any atom is 0.0538 e.